The highest BCUT2D eigenvalue weighted by molar-refractivity contribution is 7.15. The Labute approximate surface area is 126 Å². The lowest BCUT2D eigenvalue weighted by atomic mass is 10.3. The van der Waals surface area contributed by atoms with Crippen LogP contribution in [-0.4, -0.2) is 24.6 Å². The van der Waals surface area contributed by atoms with Crippen LogP contribution in [0.25, 0.3) is 0 Å². The summed E-state index contributed by atoms with van der Waals surface area (Å²) in [4.78, 5) is 8.99. The molecule has 20 heavy (non-hydrogen) atoms. The number of aryl methyl sites for hydroxylation is 1. The number of nitrogens with one attached hydrogen (secondary N) is 1. The second-order valence-electron chi connectivity index (χ2n) is 6.29. The van der Waals surface area contributed by atoms with Crippen LogP contribution in [0.4, 0.5) is 5.13 Å². The van der Waals surface area contributed by atoms with E-state index in [1.165, 1.54) is 54.5 Å². The van der Waals surface area contributed by atoms with Crippen LogP contribution < -0.4 is 10.2 Å². The number of hydrogen-bond donors (Lipinski definition) is 1. The van der Waals surface area contributed by atoms with Crippen molar-refractivity contribution in [1.82, 2.24) is 10.3 Å². The SMILES string of the molecule is CCNCc1sc(N(CC2CC2)CC2CC2)nc1CC. The Hall–Kier alpha value is -0.610. The number of aromatic nitrogens is 1. The van der Waals surface area contributed by atoms with Gasteiger partial charge in [0, 0.05) is 24.5 Å². The molecule has 2 saturated carbocycles. The maximum Gasteiger partial charge on any atom is 0.185 e. The molecule has 0 spiro atoms. The summed E-state index contributed by atoms with van der Waals surface area (Å²) in [6.07, 6.45) is 6.77. The molecule has 0 aromatic carbocycles. The number of anilines is 1. The lowest BCUT2D eigenvalue weighted by Crippen LogP contribution is -2.27. The molecule has 0 bridgehead atoms. The first-order valence-electron chi connectivity index (χ1n) is 8.24. The van der Waals surface area contributed by atoms with E-state index in [-0.39, 0.29) is 0 Å². The lowest BCUT2D eigenvalue weighted by molar-refractivity contribution is 0.676. The number of nitrogens with zero attached hydrogens (tertiary/aromatic N) is 2. The van der Waals surface area contributed by atoms with E-state index in [0.717, 1.165) is 31.3 Å². The first-order valence-corrected chi connectivity index (χ1v) is 9.06. The Morgan fingerprint density at radius 3 is 2.30 bits per heavy atom. The Morgan fingerprint density at radius 1 is 1.15 bits per heavy atom. The molecule has 2 aliphatic carbocycles. The first-order chi connectivity index (χ1) is 9.80. The van der Waals surface area contributed by atoms with Crippen LogP contribution in [0, 0.1) is 11.8 Å². The summed E-state index contributed by atoms with van der Waals surface area (Å²) < 4.78 is 0. The van der Waals surface area contributed by atoms with E-state index in [2.05, 4.69) is 24.1 Å². The van der Waals surface area contributed by atoms with E-state index in [0.29, 0.717) is 0 Å². The Bertz CT molecular complexity index is 421. The topological polar surface area (TPSA) is 28.2 Å². The van der Waals surface area contributed by atoms with Gasteiger partial charge in [0.2, 0.25) is 0 Å². The van der Waals surface area contributed by atoms with E-state index >= 15 is 0 Å². The normalized spacial score (nSPS) is 18.5. The molecular weight excluding hydrogens is 266 g/mol. The zero-order valence-electron chi connectivity index (χ0n) is 12.8. The molecule has 3 rings (SSSR count). The zero-order chi connectivity index (χ0) is 13.9. The highest BCUT2D eigenvalue weighted by Crippen LogP contribution is 2.37. The Morgan fingerprint density at radius 2 is 1.80 bits per heavy atom. The predicted molar refractivity (Wildman–Crippen MR) is 86.5 cm³/mol. The molecule has 0 atom stereocenters. The average Bonchev–Trinajstić information content (AvgIpc) is 3.37. The van der Waals surface area contributed by atoms with Crippen molar-refractivity contribution in [2.24, 2.45) is 11.8 Å². The van der Waals surface area contributed by atoms with Gasteiger partial charge in [-0.2, -0.15) is 0 Å². The van der Waals surface area contributed by atoms with Gasteiger partial charge in [-0.15, -0.1) is 11.3 Å². The molecule has 3 nitrogen and oxygen atoms in total. The van der Waals surface area contributed by atoms with E-state index in [9.17, 15) is 0 Å². The maximum absolute atomic E-state index is 4.95. The van der Waals surface area contributed by atoms with Crippen molar-refractivity contribution in [2.45, 2.75) is 52.5 Å². The molecule has 1 heterocycles. The van der Waals surface area contributed by atoms with Crippen molar-refractivity contribution in [3.63, 3.8) is 0 Å². The van der Waals surface area contributed by atoms with E-state index in [1.54, 1.807) is 0 Å². The van der Waals surface area contributed by atoms with Gasteiger partial charge in [-0.1, -0.05) is 13.8 Å². The molecule has 0 amide bonds. The summed E-state index contributed by atoms with van der Waals surface area (Å²) in [5.41, 5.74) is 1.31. The van der Waals surface area contributed by atoms with Gasteiger partial charge >= 0.3 is 0 Å². The van der Waals surface area contributed by atoms with Crippen molar-refractivity contribution in [3.05, 3.63) is 10.6 Å². The van der Waals surface area contributed by atoms with Crippen LogP contribution >= 0.6 is 11.3 Å². The molecule has 1 N–H and O–H groups in total. The van der Waals surface area contributed by atoms with Crippen LogP contribution in [0.5, 0.6) is 0 Å². The summed E-state index contributed by atoms with van der Waals surface area (Å²) in [6.45, 7) is 8.89. The van der Waals surface area contributed by atoms with Crippen molar-refractivity contribution < 1.29 is 0 Å². The predicted octanol–water partition coefficient (Wildman–Crippen LogP) is 3.44. The lowest BCUT2D eigenvalue weighted by Gasteiger charge is -2.21. The molecule has 1 aromatic heterocycles. The van der Waals surface area contributed by atoms with E-state index < -0.39 is 0 Å². The number of thiazole rings is 1. The Kier molecular flexibility index (Phi) is 4.61. The van der Waals surface area contributed by atoms with Gasteiger partial charge in [-0.05, 0) is 50.5 Å². The van der Waals surface area contributed by atoms with Crippen molar-refractivity contribution in [3.8, 4) is 0 Å². The summed E-state index contributed by atoms with van der Waals surface area (Å²) >= 11 is 1.92. The molecule has 2 fully saturated rings. The van der Waals surface area contributed by atoms with Crippen LogP contribution in [0.2, 0.25) is 0 Å². The van der Waals surface area contributed by atoms with Crippen molar-refractivity contribution >= 4 is 16.5 Å². The summed E-state index contributed by atoms with van der Waals surface area (Å²) in [5, 5.41) is 4.74. The minimum atomic E-state index is 0.944. The van der Waals surface area contributed by atoms with Gasteiger partial charge in [-0.3, -0.25) is 0 Å². The van der Waals surface area contributed by atoms with Gasteiger partial charge in [0.15, 0.2) is 5.13 Å². The molecule has 4 heteroatoms. The van der Waals surface area contributed by atoms with Crippen molar-refractivity contribution in [1.29, 1.82) is 0 Å². The highest BCUT2D eigenvalue weighted by Gasteiger charge is 2.30. The highest BCUT2D eigenvalue weighted by atomic mass is 32.1. The molecule has 112 valence electrons. The van der Waals surface area contributed by atoms with Gasteiger partial charge < -0.3 is 10.2 Å². The quantitative estimate of drug-likeness (QED) is 0.756. The smallest absolute Gasteiger partial charge is 0.185 e. The average molecular weight is 293 g/mol. The third-order valence-electron chi connectivity index (χ3n) is 4.26. The zero-order valence-corrected chi connectivity index (χ0v) is 13.6. The summed E-state index contributed by atoms with van der Waals surface area (Å²) in [7, 11) is 0. The number of rotatable bonds is 9. The second kappa shape index (κ2) is 6.44. The fourth-order valence-electron chi connectivity index (χ4n) is 2.61. The third-order valence-corrected chi connectivity index (χ3v) is 5.42. The minimum absolute atomic E-state index is 0.944. The fraction of sp³-hybridized carbons (Fsp3) is 0.812. The fourth-order valence-corrected chi connectivity index (χ4v) is 3.75. The second-order valence-corrected chi connectivity index (χ2v) is 7.35. The number of hydrogen-bond acceptors (Lipinski definition) is 4. The molecule has 0 aliphatic heterocycles. The molecular formula is C16H27N3S. The molecule has 1 aromatic rings. The van der Waals surface area contributed by atoms with Gasteiger partial charge in [0.05, 0.1) is 5.69 Å². The largest absolute Gasteiger partial charge is 0.348 e. The third kappa shape index (κ3) is 3.73. The summed E-state index contributed by atoms with van der Waals surface area (Å²) in [5.74, 6) is 1.89. The standard InChI is InChI=1S/C16H27N3S/c1-3-14-15(9-17-4-2)20-16(18-14)19(10-12-5-6-12)11-13-7-8-13/h12-13,17H,3-11H2,1-2H3. The monoisotopic (exact) mass is 293 g/mol. The maximum atomic E-state index is 4.95. The van der Waals surface area contributed by atoms with Crippen LogP contribution in [0.1, 0.15) is 50.1 Å². The van der Waals surface area contributed by atoms with Gasteiger partial charge in [0.1, 0.15) is 0 Å². The van der Waals surface area contributed by atoms with Gasteiger partial charge in [0.25, 0.3) is 0 Å². The van der Waals surface area contributed by atoms with Gasteiger partial charge in [-0.25, -0.2) is 4.98 Å². The van der Waals surface area contributed by atoms with Crippen molar-refractivity contribution in [2.75, 3.05) is 24.5 Å². The molecule has 0 saturated heterocycles. The first kappa shape index (κ1) is 14.3. The summed E-state index contributed by atoms with van der Waals surface area (Å²) in [6, 6.07) is 0. The van der Waals surface area contributed by atoms with Crippen LogP contribution in [0.3, 0.4) is 0 Å². The van der Waals surface area contributed by atoms with E-state index in [4.69, 9.17) is 4.98 Å². The van der Waals surface area contributed by atoms with Crippen LogP contribution in [-0.2, 0) is 13.0 Å². The molecule has 0 radical (unpaired) electrons. The van der Waals surface area contributed by atoms with Crippen LogP contribution in [0.15, 0.2) is 0 Å². The molecule has 0 unspecified atom stereocenters. The minimum Gasteiger partial charge on any atom is -0.348 e. The van der Waals surface area contributed by atoms with E-state index in [1.807, 2.05) is 11.3 Å². The Balaban J connectivity index is 1.71. The molecule has 2 aliphatic rings.